The molecule has 2 aromatic rings. The molecule has 4 rings (SSSR count). The number of amides is 2. The Labute approximate surface area is 222 Å². The molecular weight excluding hydrogens is 486 g/mol. The predicted octanol–water partition coefficient (Wildman–Crippen LogP) is 4.01. The number of nitrogens with zero attached hydrogens (tertiary/aromatic N) is 4. The van der Waals surface area contributed by atoms with Crippen LogP contribution < -0.4 is 0 Å². The third-order valence-corrected chi connectivity index (χ3v) is 8.21. The molecule has 2 fully saturated rings. The first-order valence-electron chi connectivity index (χ1n) is 13.4. The molecule has 1 N–H and O–H groups in total. The van der Waals surface area contributed by atoms with E-state index in [2.05, 4.69) is 23.8 Å². The van der Waals surface area contributed by atoms with Gasteiger partial charge in [0, 0.05) is 81.4 Å². The van der Waals surface area contributed by atoms with E-state index in [4.69, 9.17) is 0 Å². The van der Waals surface area contributed by atoms with E-state index in [1.165, 1.54) is 12.1 Å². The molecule has 2 aliphatic rings. The van der Waals surface area contributed by atoms with Crippen molar-refractivity contribution in [3.63, 3.8) is 0 Å². The molecule has 0 radical (unpaired) electrons. The monoisotopic (exact) mass is 523 g/mol. The fourth-order valence-electron chi connectivity index (χ4n) is 5.94. The van der Waals surface area contributed by atoms with Gasteiger partial charge in [-0.2, -0.15) is 0 Å². The van der Waals surface area contributed by atoms with Gasteiger partial charge in [0.25, 0.3) is 5.69 Å². The number of hydrogen-bond donors (Lipinski definition) is 1. The molecule has 0 bridgehead atoms. The maximum atomic E-state index is 13.1. The molecule has 2 heterocycles. The normalized spacial score (nSPS) is 20.9. The number of nitro groups is 1. The van der Waals surface area contributed by atoms with E-state index in [1.807, 2.05) is 0 Å². The van der Waals surface area contributed by atoms with Gasteiger partial charge in [-0.25, -0.2) is 4.98 Å². The second-order valence-corrected chi connectivity index (χ2v) is 11.2. The lowest BCUT2D eigenvalue weighted by Gasteiger charge is -2.51. The summed E-state index contributed by atoms with van der Waals surface area (Å²) in [5, 5.41) is 11.1. The van der Waals surface area contributed by atoms with Gasteiger partial charge >= 0.3 is 0 Å². The molecule has 2 atom stereocenters. The molecule has 10 nitrogen and oxygen atoms in total. The molecule has 38 heavy (non-hydrogen) atoms. The Morgan fingerprint density at radius 1 is 1.13 bits per heavy atom. The Hall–Kier alpha value is -3.56. The first kappa shape index (κ1) is 27.5. The summed E-state index contributed by atoms with van der Waals surface area (Å²) >= 11 is 0. The fourth-order valence-corrected chi connectivity index (χ4v) is 5.94. The molecule has 10 heteroatoms. The quantitative estimate of drug-likeness (QED) is 0.390. The highest BCUT2D eigenvalue weighted by Gasteiger charge is 2.49. The van der Waals surface area contributed by atoms with Crippen LogP contribution in [0.25, 0.3) is 11.4 Å². The van der Waals surface area contributed by atoms with Crippen LogP contribution >= 0.6 is 0 Å². The summed E-state index contributed by atoms with van der Waals surface area (Å²) < 4.78 is 0. The number of carbonyl (C=O) groups is 3. The lowest BCUT2D eigenvalue weighted by Crippen LogP contribution is -2.48. The van der Waals surface area contributed by atoms with Crippen LogP contribution in [0.2, 0.25) is 0 Å². The molecule has 204 valence electrons. The van der Waals surface area contributed by atoms with Crippen LogP contribution in [0.5, 0.6) is 0 Å². The van der Waals surface area contributed by atoms with Crippen molar-refractivity contribution < 1.29 is 19.3 Å². The number of hydrogen-bond acceptors (Lipinski definition) is 6. The fraction of sp³-hybridized carbons (Fsp3) is 0.571. The van der Waals surface area contributed by atoms with Crippen molar-refractivity contribution >= 4 is 23.3 Å². The summed E-state index contributed by atoms with van der Waals surface area (Å²) in [6, 6.07) is 6.37. The molecule has 0 spiro atoms. The molecule has 1 aromatic carbocycles. The predicted molar refractivity (Wildman–Crippen MR) is 142 cm³/mol. The average Bonchev–Trinajstić information content (AvgIpc) is 3.20. The summed E-state index contributed by atoms with van der Waals surface area (Å²) in [5.74, 6) is 0.937. The summed E-state index contributed by atoms with van der Waals surface area (Å²) in [6.07, 6.45) is 5.35. The zero-order chi connectivity index (χ0) is 27.4. The van der Waals surface area contributed by atoms with Gasteiger partial charge in [0.05, 0.1) is 4.92 Å². The van der Waals surface area contributed by atoms with Gasteiger partial charge in [-0.1, -0.05) is 26.0 Å². The largest absolute Gasteiger partial charge is 0.342 e. The molecule has 1 saturated carbocycles. The van der Waals surface area contributed by atoms with Gasteiger partial charge in [0.15, 0.2) is 0 Å². The van der Waals surface area contributed by atoms with Gasteiger partial charge < -0.3 is 14.8 Å². The molecule has 2 amide bonds. The van der Waals surface area contributed by atoms with Crippen LogP contribution in [-0.4, -0.2) is 68.5 Å². The van der Waals surface area contributed by atoms with E-state index in [1.54, 1.807) is 35.1 Å². The zero-order valence-electron chi connectivity index (χ0n) is 22.4. The van der Waals surface area contributed by atoms with Crippen molar-refractivity contribution in [2.75, 3.05) is 26.2 Å². The lowest BCUT2D eigenvalue weighted by atomic mass is 9.53. The molecular formula is C28H37N5O5. The number of H-pyrrole nitrogens is 1. The number of non-ortho nitro benzene ring substituents is 1. The summed E-state index contributed by atoms with van der Waals surface area (Å²) in [5.41, 5.74) is 1.65. The highest BCUT2D eigenvalue weighted by atomic mass is 16.6. The lowest BCUT2D eigenvalue weighted by molar-refractivity contribution is -0.384. The van der Waals surface area contributed by atoms with Gasteiger partial charge in [0.2, 0.25) is 11.8 Å². The number of ketones is 1. The minimum Gasteiger partial charge on any atom is -0.342 e. The number of aryl methyl sites for hydroxylation is 1. The number of Topliss-reactive ketones (excluding diaryl/α,β-unsaturated/α-hetero) is 1. The molecule has 1 saturated heterocycles. The number of aromatic nitrogens is 2. The standard InChI is InChI=1S/C28H37N5O5/c1-19(34)31-12-5-13-32(15-14-31)26(36)11-10-25(35)23-17-28(2,3)24(23)9-8-21-18-29-27(30-21)20-6-4-7-22(16-20)33(37)38/h4,6-7,16,18,23-24H,5,8-15,17H2,1-3H3,(H,29,30)/t23-,24+/m0/s1. The van der Waals surface area contributed by atoms with Gasteiger partial charge in [-0.05, 0) is 37.0 Å². The van der Waals surface area contributed by atoms with Crippen LogP contribution in [0.15, 0.2) is 30.5 Å². The highest BCUT2D eigenvalue weighted by Crippen LogP contribution is 2.53. The van der Waals surface area contributed by atoms with Crippen LogP contribution in [0.3, 0.4) is 0 Å². The first-order chi connectivity index (χ1) is 18.0. The van der Waals surface area contributed by atoms with Crippen molar-refractivity contribution in [3.05, 3.63) is 46.3 Å². The minimum atomic E-state index is -0.424. The van der Waals surface area contributed by atoms with Crippen molar-refractivity contribution in [2.45, 2.75) is 59.3 Å². The highest BCUT2D eigenvalue weighted by molar-refractivity contribution is 5.87. The summed E-state index contributed by atoms with van der Waals surface area (Å²) in [4.78, 5) is 59.4. The van der Waals surface area contributed by atoms with Crippen LogP contribution in [0.1, 0.15) is 58.6 Å². The van der Waals surface area contributed by atoms with Crippen LogP contribution in [0, 0.1) is 27.4 Å². The van der Waals surface area contributed by atoms with E-state index in [0.717, 1.165) is 31.4 Å². The zero-order valence-corrected chi connectivity index (χ0v) is 22.4. The molecule has 1 aliphatic carbocycles. The number of aromatic amines is 1. The van der Waals surface area contributed by atoms with Crippen molar-refractivity contribution in [3.8, 4) is 11.4 Å². The topological polar surface area (TPSA) is 130 Å². The molecule has 1 aliphatic heterocycles. The SMILES string of the molecule is CC(=O)N1CCCN(C(=O)CCC(=O)[C@H]2CC(C)(C)[C@@H]2CCc2cnc(-c3cccc([N+](=O)[O-])c3)[nH]2)CC1. The van der Waals surface area contributed by atoms with E-state index >= 15 is 0 Å². The number of imidazole rings is 1. The number of carbonyl (C=O) groups excluding carboxylic acids is 3. The summed E-state index contributed by atoms with van der Waals surface area (Å²) in [7, 11) is 0. The summed E-state index contributed by atoms with van der Waals surface area (Å²) in [6.45, 7) is 8.28. The van der Waals surface area contributed by atoms with Crippen LogP contribution in [0.4, 0.5) is 5.69 Å². The number of benzene rings is 1. The number of rotatable bonds is 9. The van der Waals surface area contributed by atoms with Crippen molar-refractivity contribution in [1.29, 1.82) is 0 Å². The third kappa shape index (κ3) is 6.28. The number of nitrogens with one attached hydrogen (secondary N) is 1. The maximum Gasteiger partial charge on any atom is 0.270 e. The average molecular weight is 524 g/mol. The maximum absolute atomic E-state index is 13.1. The Kier molecular flexibility index (Phi) is 8.28. The van der Waals surface area contributed by atoms with E-state index in [9.17, 15) is 24.5 Å². The Morgan fingerprint density at radius 2 is 1.87 bits per heavy atom. The minimum absolute atomic E-state index is 0.00924. The number of nitro benzene ring substituents is 1. The van der Waals surface area contributed by atoms with E-state index in [-0.39, 0.29) is 53.4 Å². The van der Waals surface area contributed by atoms with Crippen molar-refractivity contribution in [1.82, 2.24) is 19.8 Å². The molecule has 0 unspecified atom stereocenters. The van der Waals surface area contributed by atoms with Crippen molar-refractivity contribution in [2.24, 2.45) is 17.3 Å². The first-order valence-corrected chi connectivity index (χ1v) is 13.4. The second kappa shape index (κ2) is 11.4. The third-order valence-electron chi connectivity index (χ3n) is 8.21. The van der Waals surface area contributed by atoms with Gasteiger partial charge in [-0.3, -0.25) is 24.5 Å². The Morgan fingerprint density at radius 3 is 2.58 bits per heavy atom. The second-order valence-electron chi connectivity index (χ2n) is 11.2. The Balaban J connectivity index is 1.29. The van der Waals surface area contributed by atoms with Gasteiger partial charge in [-0.15, -0.1) is 0 Å². The van der Waals surface area contributed by atoms with Crippen LogP contribution in [-0.2, 0) is 20.8 Å². The van der Waals surface area contributed by atoms with E-state index in [0.29, 0.717) is 37.6 Å². The smallest absolute Gasteiger partial charge is 0.270 e. The van der Waals surface area contributed by atoms with Gasteiger partial charge in [0.1, 0.15) is 11.6 Å². The van der Waals surface area contributed by atoms with E-state index < -0.39 is 4.92 Å². The Bertz CT molecular complexity index is 1210. The molecule has 1 aromatic heterocycles.